The topological polar surface area (TPSA) is 134 Å². The van der Waals surface area contributed by atoms with E-state index in [-0.39, 0.29) is 28.8 Å². The normalized spacial score (nSPS) is 27.6. The van der Waals surface area contributed by atoms with Crippen LogP contribution in [0.4, 0.5) is 0 Å². The molecule has 4 rings (SSSR count). The second kappa shape index (κ2) is 7.49. The number of β-lactam (4-membered cyclic amide) rings is 1. The number of likely N-dealkylation sites (tertiary alicyclic amines) is 1. The third-order valence-corrected chi connectivity index (χ3v) is 7.47. The number of carboxylic acid groups (broad SMARTS) is 1. The lowest BCUT2D eigenvalue weighted by Gasteiger charge is -2.46. The maximum Gasteiger partial charge on any atom is 0.353 e. The molecule has 0 bridgehead atoms. The molecule has 29 heavy (non-hydrogen) atoms. The minimum Gasteiger partial charge on any atom is -0.477 e. The van der Waals surface area contributed by atoms with E-state index in [2.05, 4.69) is 9.97 Å². The highest BCUT2D eigenvalue weighted by atomic mass is 32.2. The van der Waals surface area contributed by atoms with Gasteiger partial charge in [-0.25, -0.2) is 9.78 Å². The number of carboxylic acids is 1. The summed E-state index contributed by atoms with van der Waals surface area (Å²) in [5, 5.41) is 28.0. The van der Waals surface area contributed by atoms with Crippen molar-refractivity contribution >= 4 is 29.5 Å². The first-order valence-corrected chi connectivity index (χ1v) is 10.6. The number of aliphatic hydroxyl groups excluding tert-OH is 1. The molecule has 1 aromatic rings. The van der Waals surface area contributed by atoms with Gasteiger partial charge in [0.05, 0.1) is 30.2 Å². The predicted octanol–water partition coefficient (Wildman–Crippen LogP) is 0.891. The Labute approximate surface area is 172 Å². The minimum atomic E-state index is -1.09. The summed E-state index contributed by atoms with van der Waals surface area (Å²) in [5.74, 6) is -1.48. The van der Waals surface area contributed by atoms with E-state index in [0.29, 0.717) is 30.3 Å². The Morgan fingerprint density at radius 1 is 1.48 bits per heavy atom. The van der Waals surface area contributed by atoms with Gasteiger partial charge in [-0.2, -0.15) is 0 Å². The molecule has 1 aromatic heterocycles. The Balaban J connectivity index is 1.36. The number of carbonyl (C=O) groups excluding carboxylic acids is 1. The van der Waals surface area contributed by atoms with Crippen molar-refractivity contribution in [2.45, 2.75) is 44.1 Å². The number of amides is 1. The van der Waals surface area contributed by atoms with E-state index in [4.69, 9.17) is 5.41 Å². The first-order valence-electron chi connectivity index (χ1n) is 9.74. The molecule has 9 nitrogen and oxygen atoms in total. The summed E-state index contributed by atoms with van der Waals surface area (Å²) >= 11 is 1.51. The Bertz CT molecular complexity index is 862. The number of aliphatic hydroxyl groups is 1. The van der Waals surface area contributed by atoms with Gasteiger partial charge < -0.3 is 25.0 Å². The molecule has 10 heteroatoms. The van der Waals surface area contributed by atoms with Crippen molar-refractivity contribution in [2.24, 2.45) is 11.8 Å². The number of aromatic amines is 1. The van der Waals surface area contributed by atoms with Crippen molar-refractivity contribution in [3.63, 3.8) is 0 Å². The van der Waals surface area contributed by atoms with Gasteiger partial charge in [0.1, 0.15) is 5.70 Å². The molecule has 4 heterocycles. The zero-order valence-electron chi connectivity index (χ0n) is 16.3. The van der Waals surface area contributed by atoms with E-state index in [1.807, 2.05) is 11.8 Å². The molecule has 0 aliphatic carbocycles. The van der Waals surface area contributed by atoms with Gasteiger partial charge in [0, 0.05) is 47.5 Å². The first-order chi connectivity index (χ1) is 13.8. The lowest BCUT2D eigenvalue weighted by Crippen LogP contribution is -2.63. The van der Waals surface area contributed by atoms with Crippen molar-refractivity contribution in [1.82, 2.24) is 19.8 Å². The van der Waals surface area contributed by atoms with Gasteiger partial charge in [0.2, 0.25) is 5.91 Å². The summed E-state index contributed by atoms with van der Waals surface area (Å²) in [6.07, 6.45) is 3.95. The number of imidazole rings is 1. The van der Waals surface area contributed by atoms with Crippen LogP contribution in [0.2, 0.25) is 0 Å². The third kappa shape index (κ3) is 3.33. The number of H-pyrrole nitrogens is 1. The molecule has 1 amide bonds. The molecule has 0 spiro atoms. The Morgan fingerprint density at radius 2 is 2.21 bits per heavy atom. The summed E-state index contributed by atoms with van der Waals surface area (Å²) < 4.78 is 0. The lowest BCUT2D eigenvalue weighted by atomic mass is 9.79. The van der Waals surface area contributed by atoms with Gasteiger partial charge in [0.25, 0.3) is 0 Å². The number of aromatic nitrogens is 2. The molecule has 3 aliphatic heterocycles. The van der Waals surface area contributed by atoms with Gasteiger partial charge in [0.15, 0.2) is 0 Å². The second-order valence-corrected chi connectivity index (χ2v) is 9.28. The van der Waals surface area contributed by atoms with Gasteiger partial charge >= 0.3 is 5.97 Å². The molecule has 0 unspecified atom stereocenters. The quantitative estimate of drug-likeness (QED) is 0.293. The van der Waals surface area contributed by atoms with Crippen molar-refractivity contribution in [2.75, 3.05) is 13.1 Å². The SMILES string of the molecule is C[C@@H](O)[C@H]1C(=O)N2C(C(=O)O)=C(SC3CN(C(=N)CCc4cnc[nH]4)C3)[C@H](C)[C@H]12. The average Bonchev–Trinajstić information content (AvgIpc) is 3.21. The maximum absolute atomic E-state index is 12.4. The highest BCUT2D eigenvalue weighted by Crippen LogP contribution is 2.51. The Kier molecular flexibility index (Phi) is 5.16. The molecule has 0 radical (unpaired) electrons. The highest BCUT2D eigenvalue weighted by Gasteiger charge is 2.60. The number of amidine groups is 1. The van der Waals surface area contributed by atoms with E-state index in [0.717, 1.165) is 12.1 Å². The van der Waals surface area contributed by atoms with Crippen LogP contribution in [0.15, 0.2) is 23.1 Å². The number of nitrogens with zero attached hydrogens (tertiary/aromatic N) is 3. The molecule has 2 saturated heterocycles. The fourth-order valence-corrected chi connectivity index (χ4v) is 5.94. The zero-order valence-corrected chi connectivity index (χ0v) is 17.1. The third-order valence-electron chi connectivity index (χ3n) is 6.02. The summed E-state index contributed by atoms with van der Waals surface area (Å²) in [4.78, 5) is 35.3. The molecule has 4 atom stereocenters. The van der Waals surface area contributed by atoms with Crippen LogP contribution < -0.4 is 0 Å². The van der Waals surface area contributed by atoms with Crippen molar-refractivity contribution in [3.05, 3.63) is 28.8 Å². The number of carbonyl (C=O) groups is 2. The zero-order chi connectivity index (χ0) is 20.9. The van der Waals surface area contributed by atoms with Crippen molar-refractivity contribution in [1.29, 1.82) is 5.41 Å². The van der Waals surface area contributed by atoms with Crippen LogP contribution in [0, 0.1) is 17.2 Å². The van der Waals surface area contributed by atoms with Crippen LogP contribution in [0.3, 0.4) is 0 Å². The number of hydrogen-bond donors (Lipinski definition) is 4. The Morgan fingerprint density at radius 3 is 2.79 bits per heavy atom. The fraction of sp³-hybridized carbons (Fsp3) is 0.579. The minimum absolute atomic E-state index is 0.0715. The molecule has 156 valence electrons. The number of fused-ring (bicyclic) bond motifs is 1. The number of aliphatic carboxylic acids is 1. The van der Waals surface area contributed by atoms with Crippen LogP contribution in [-0.2, 0) is 16.0 Å². The second-order valence-electron chi connectivity index (χ2n) is 7.94. The molecular formula is C19H25N5O4S. The van der Waals surface area contributed by atoms with E-state index < -0.39 is 18.0 Å². The largest absolute Gasteiger partial charge is 0.477 e. The predicted molar refractivity (Wildman–Crippen MR) is 107 cm³/mol. The highest BCUT2D eigenvalue weighted by molar-refractivity contribution is 8.03. The Hall–Kier alpha value is -2.33. The van der Waals surface area contributed by atoms with Crippen LogP contribution in [-0.4, -0.2) is 78.2 Å². The number of hydrogen-bond acceptors (Lipinski definition) is 6. The van der Waals surface area contributed by atoms with Crippen LogP contribution in [0.25, 0.3) is 0 Å². The first kappa shape index (κ1) is 20.0. The van der Waals surface area contributed by atoms with Crippen LogP contribution in [0.1, 0.15) is 26.0 Å². The van der Waals surface area contributed by atoms with Crippen LogP contribution in [0.5, 0.6) is 0 Å². The standard InChI is InChI=1S/C19H25N5O4S/c1-9-15-14(10(2)25)18(26)24(15)16(19(27)28)17(9)29-12-6-23(7-12)13(20)4-3-11-5-21-8-22-11/h5,8-10,12,14-15,20,25H,3-4,6-7H2,1-2H3,(H,21,22)(H,27,28)/t9-,10-,14-,15-/m1/s1. The van der Waals surface area contributed by atoms with E-state index in [1.165, 1.54) is 16.7 Å². The van der Waals surface area contributed by atoms with Crippen LogP contribution >= 0.6 is 11.8 Å². The van der Waals surface area contributed by atoms with Gasteiger partial charge in [-0.3, -0.25) is 10.2 Å². The maximum atomic E-state index is 12.4. The number of aryl methyl sites for hydroxylation is 1. The summed E-state index contributed by atoms with van der Waals surface area (Å²) in [6, 6.07) is -0.278. The lowest BCUT2D eigenvalue weighted by molar-refractivity contribution is -0.163. The van der Waals surface area contributed by atoms with Crippen molar-refractivity contribution in [3.8, 4) is 0 Å². The van der Waals surface area contributed by atoms with E-state index >= 15 is 0 Å². The molecule has 4 N–H and O–H groups in total. The summed E-state index contributed by atoms with van der Waals surface area (Å²) in [5.41, 5.74) is 1.07. The molecule has 0 aromatic carbocycles. The molecule has 2 fully saturated rings. The van der Waals surface area contributed by atoms with E-state index in [9.17, 15) is 19.8 Å². The number of rotatable bonds is 7. The van der Waals surface area contributed by atoms with Gasteiger partial charge in [-0.15, -0.1) is 11.8 Å². The average molecular weight is 420 g/mol. The van der Waals surface area contributed by atoms with E-state index in [1.54, 1.807) is 19.4 Å². The summed E-state index contributed by atoms with van der Waals surface area (Å²) in [6.45, 7) is 4.89. The molecule has 3 aliphatic rings. The number of nitrogens with one attached hydrogen (secondary N) is 2. The molecule has 0 saturated carbocycles. The van der Waals surface area contributed by atoms with Crippen molar-refractivity contribution < 1.29 is 19.8 Å². The molecular weight excluding hydrogens is 394 g/mol. The smallest absolute Gasteiger partial charge is 0.353 e. The van der Waals surface area contributed by atoms with Gasteiger partial charge in [-0.05, 0) is 13.3 Å². The van der Waals surface area contributed by atoms with Gasteiger partial charge in [-0.1, -0.05) is 6.92 Å². The summed E-state index contributed by atoms with van der Waals surface area (Å²) in [7, 11) is 0. The number of thioether (sulfide) groups is 1. The fourth-order valence-electron chi connectivity index (χ4n) is 4.42. The monoisotopic (exact) mass is 419 g/mol.